The van der Waals surface area contributed by atoms with Crippen LogP contribution < -0.4 is 31.8 Å². The lowest BCUT2D eigenvalue weighted by Crippen LogP contribution is -2.55. The third-order valence-corrected chi connectivity index (χ3v) is 19.4. The molecule has 0 saturated carbocycles. The quantitative estimate of drug-likeness (QED) is 0.182. The number of benzene rings is 6. The summed E-state index contributed by atoms with van der Waals surface area (Å²) in [6.45, 7) is 2.19. The summed E-state index contributed by atoms with van der Waals surface area (Å²) in [4.78, 5) is 0. The van der Waals surface area contributed by atoms with Crippen molar-refractivity contribution in [2.24, 2.45) is 0 Å². The van der Waals surface area contributed by atoms with Crippen molar-refractivity contribution in [2.75, 3.05) is 0 Å². The van der Waals surface area contributed by atoms with Crippen LogP contribution in [0.25, 0.3) is 0 Å². The molecule has 0 atom stereocenters. The van der Waals surface area contributed by atoms with Gasteiger partial charge in [0.05, 0.1) is 0 Å². The standard InChI is InChI=1S/C39H36OP2/c1-2-39(40,41(33-21-9-3-10-22-33,34-23-11-4-12-24-34)35-25-13-5-14-26-35)42(36-27-15-6-16-28-36,37-29-17-7-18-30-37)38-31-19-8-20-32-38/h3-32,40H,2H2,1H3/q+2. The first-order valence-electron chi connectivity index (χ1n) is 14.5. The van der Waals surface area contributed by atoms with Gasteiger partial charge in [-0.25, -0.2) is 0 Å². The number of hydrogen-bond donors (Lipinski definition) is 1. The van der Waals surface area contributed by atoms with Crippen molar-refractivity contribution in [3.8, 4) is 0 Å². The molecule has 0 fully saturated rings. The SMILES string of the molecule is CCC(O)([P+](c1ccccc1)(c1ccccc1)c1ccccc1)[P+](c1ccccc1)(c1ccccc1)c1ccccc1. The van der Waals surface area contributed by atoms with Crippen molar-refractivity contribution in [3.63, 3.8) is 0 Å². The van der Waals surface area contributed by atoms with Crippen molar-refractivity contribution in [1.82, 2.24) is 0 Å². The average molecular weight is 583 g/mol. The predicted octanol–water partition coefficient (Wildman–Crippen LogP) is 7.03. The maximum atomic E-state index is 14.5. The highest BCUT2D eigenvalue weighted by atomic mass is 31.2. The van der Waals surface area contributed by atoms with Gasteiger partial charge in [-0.15, -0.1) is 0 Å². The average Bonchev–Trinajstić information content (AvgIpc) is 3.08. The number of aliphatic hydroxyl groups is 1. The van der Waals surface area contributed by atoms with Gasteiger partial charge in [-0.05, 0) is 72.8 Å². The summed E-state index contributed by atoms with van der Waals surface area (Å²) in [5, 5.41) is 20.4. The fourth-order valence-electron chi connectivity index (χ4n) is 6.74. The van der Waals surface area contributed by atoms with Gasteiger partial charge in [-0.2, -0.15) is 0 Å². The second kappa shape index (κ2) is 12.2. The minimum absolute atomic E-state index is 0.561. The minimum Gasteiger partial charge on any atom is -0.325 e. The third-order valence-electron chi connectivity index (χ3n) is 8.41. The van der Waals surface area contributed by atoms with Gasteiger partial charge >= 0.3 is 5.08 Å². The molecule has 0 heterocycles. The van der Waals surface area contributed by atoms with E-state index >= 15 is 0 Å². The lowest BCUT2D eigenvalue weighted by Gasteiger charge is -2.46. The largest absolute Gasteiger partial charge is 0.325 e. The predicted molar refractivity (Wildman–Crippen MR) is 186 cm³/mol. The van der Waals surface area contributed by atoms with E-state index in [-0.39, 0.29) is 0 Å². The maximum absolute atomic E-state index is 14.5. The monoisotopic (exact) mass is 582 g/mol. The molecule has 0 aliphatic heterocycles. The van der Waals surface area contributed by atoms with E-state index in [0.29, 0.717) is 6.42 Å². The second-order valence-corrected chi connectivity index (χ2v) is 18.1. The maximum Gasteiger partial charge on any atom is 0.302 e. The fourth-order valence-corrected chi connectivity index (χ4v) is 19.6. The lowest BCUT2D eigenvalue weighted by molar-refractivity contribution is 0.213. The van der Waals surface area contributed by atoms with Gasteiger partial charge in [0.1, 0.15) is 31.8 Å². The zero-order valence-electron chi connectivity index (χ0n) is 23.9. The molecule has 6 aromatic carbocycles. The summed E-state index contributed by atoms with van der Waals surface area (Å²) in [7, 11) is -5.58. The summed E-state index contributed by atoms with van der Waals surface area (Å²) >= 11 is 0. The van der Waals surface area contributed by atoms with E-state index in [1.807, 2.05) is 0 Å². The fraction of sp³-hybridized carbons (Fsp3) is 0.0769. The molecule has 0 saturated heterocycles. The van der Waals surface area contributed by atoms with Crippen LogP contribution in [0.5, 0.6) is 0 Å². The smallest absolute Gasteiger partial charge is 0.302 e. The second-order valence-electron chi connectivity index (χ2n) is 10.5. The van der Waals surface area contributed by atoms with Gasteiger partial charge in [0.25, 0.3) is 0 Å². The van der Waals surface area contributed by atoms with E-state index in [1.54, 1.807) is 0 Å². The Balaban J connectivity index is 1.89. The Morgan fingerprint density at radius 3 is 0.667 bits per heavy atom. The molecule has 0 amide bonds. The van der Waals surface area contributed by atoms with E-state index in [0.717, 1.165) is 0 Å². The molecule has 6 aromatic rings. The van der Waals surface area contributed by atoms with Crippen LogP contribution in [0.1, 0.15) is 13.3 Å². The first-order chi connectivity index (χ1) is 20.7. The molecule has 0 unspecified atom stereocenters. The molecule has 1 nitrogen and oxygen atoms in total. The van der Waals surface area contributed by atoms with Crippen molar-refractivity contribution in [3.05, 3.63) is 182 Å². The Morgan fingerprint density at radius 1 is 0.357 bits per heavy atom. The van der Waals surface area contributed by atoms with Crippen LogP contribution in [-0.4, -0.2) is 10.2 Å². The van der Waals surface area contributed by atoms with Gasteiger partial charge in [-0.1, -0.05) is 116 Å². The van der Waals surface area contributed by atoms with Gasteiger partial charge in [0.2, 0.25) is 0 Å². The molecular formula is C39H36OP2+2. The van der Waals surface area contributed by atoms with Crippen LogP contribution in [0.2, 0.25) is 0 Å². The van der Waals surface area contributed by atoms with Crippen LogP contribution in [-0.2, 0) is 0 Å². The summed E-state index contributed by atoms with van der Waals surface area (Å²) < 4.78 is 0. The van der Waals surface area contributed by atoms with Gasteiger partial charge in [-0.3, -0.25) is 0 Å². The first kappa shape index (κ1) is 28.3. The molecule has 6 rings (SSSR count). The Labute approximate surface area is 251 Å². The zero-order valence-corrected chi connectivity index (χ0v) is 25.7. The molecular weight excluding hydrogens is 546 g/mol. The van der Waals surface area contributed by atoms with Crippen LogP contribution >= 0.6 is 14.5 Å². The molecule has 0 spiro atoms. The van der Waals surface area contributed by atoms with Crippen molar-refractivity contribution in [2.45, 2.75) is 18.4 Å². The lowest BCUT2D eigenvalue weighted by atomic mass is 10.3. The number of rotatable bonds is 9. The Hall–Kier alpha value is -3.86. The van der Waals surface area contributed by atoms with Crippen molar-refractivity contribution >= 4 is 46.4 Å². The summed E-state index contributed by atoms with van der Waals surface area (Å²) in [5.41, 5.74) is 0. The third kappa shape index (κ3) is 4.36. The highest BCUT2D eigenvalue weighted by Gasteiger charge is 2.78. The van der Waals surface area contributed by atoms with E-state index in [4.69, 9.17) is 0 Å². The van der Waals surface area contributed by atoms with E-state index in [2.05, 4.69) is 189 Å². The Bertz CT molecular complexity index is 1370. The molecule has 0 aliphatic rings. The first-order valence-corrected chi connectivity index (χ1v) is 18.1. The molecule has 42 heavy (non-hydrogen) atoms. The highest BCUT2D eigenvalue weighted by molar-refractivity contribution is 8.12. The molecule has 0 bridgehead atoms. The zero-order chi connectivity index (χ0) is 28.9. The Kier molecular flexibility index (Phi) is 8.19. The highest BCUT2D eigenvalue weighted by Crippen LogP contribution is 2.83. The van der Waals surface area contributed by atoms with Crippen LogP contribution in [0.15, 0.2) is 182 Å². The Morgan fingerprint density at radius 2 is 0.524 bits per heavy atom. The van der Waals surface area contributed by atoms with Crippen molar-refractivity contribution in [1.29, 1.82) is 0 Å². The topological polar surface area (TPSA) is 20.2 Å². The summed E-state index contributed by atoms with van der Waals surface area (Å²) in [6, 6.07) is 64.8. The van der Waals surface area contributed by atoms with E-state index < -0.39 is 19.6 Å². The number of hydrogen-bond acceptors (Lipinski definition) is 1. The molecule has 1 N–H and O–H groups in total. The summed E-state index contributed by atoms with van der Waals surface area (Å²) in [5.74, 6) is 0. The van der Waals surface area contributed by atoms with E-state index in [1.165, 1.54) is 31.8 Å². The molecule has 0 aromatic heterocycles. The molecule has 0 radical (unpaired) electrons. The van der Waals surface area contributed by atoms with Crippen molar-refractivity contribution < 1.29 is 5.11 Å². The van der Waals surface area contributed by atoms with Gasteiger partial charge in [0.15, 0.2) is 14.5 Å². The van der Waals surface area contributed by atoms with Gasteiger partial charge in [0, 0.05) is 6.42 Å². The molecule has 206 valence electrons. The van der Waals surface area contributed by atoms with Gasteiger partial charge < -0.3 is 5.11 Å². The normalized spacial score (nSPS) is 12.1. The van der Waals surface area contributed by atoms with Crippen LogP contribution in [0, 0.1) is 0 Å². The molecule has 0 aliphatic carbocycles. The summed E-state index contributed by atoms with van der Waals surface area (Å²) in [6.07, 6.45) is 0.561. The van der Waals surface area contributed by atoms with E-state index in [9.17, 15) is 5.11 Å². The van der Waals surface area contributed by atoms with Crippen LogP contribution in [0.3, 0.4) is 0 Å². The molecule has 3 heteroatoms. The minimum atomic E-state index is -2.79. The van der Waals surface area contributed by atoms with Crippen LogP contribution in [0.4, 0.5) is 0 Å².